The van der Waals surface area contributed by atoms with Crippen LogP contribution in [0, 0.1) is 5.82 Å². The number of rotatable bonds is 1. The molecule has 88 valence electrons. The van der Waals surface area contributed by atoms with Crippen LogP contribution in [0.5, 0.6) is 0 Å². The monoisotopic (exact) mass is 288 g/mol. The van der Waals surface area contributed by atoms with Crippen molar-refractivity contribution >= 4 is 15.9 Å². The van der Waals surface area contributed by atoms with Crippen molar-refractivity contribution in [2.75, 3.05) is 6.61 Å². The summed E-state index contributed by atoms with van der Waals surface area (Å²) >= 11 is 3.13. The molecule has 2 atom stereocenters. The smallest absolute Gasteiger partial charge is 0.143 e. The fraction of sp³-hybridized carbons (Fsp3) is 0.500. The summed E-state index contributed by atoms with van der Waals surface area (Å²) in [6, 6.07) is 5.00. The standard InChI is InChI=1S/C12H14BrFO2/c1-8-7-12(15,5-6-16-8)9-3-2-4-10(13)11(9)14/h2-4,8,15H,5-7H2,1H3. The maximum absolute atomic E-state index is 13.9. The zero-order valence-corrected chi connectivity index (χ0v) is 10.6. The van der Waals surface area contributed by atoms with Crippen molar-refractivity contribution in [1.82, 2.24) is 0 Å². The summed E-state index contributed by atoms with van der Waals surface area (Å²) in [5, 5.41) is 10.5. The molecule has 0 bridgehead atoms. The Hall–Kier alpha value is -0.450. The molecule has 1 aromatic rings. The Labute approximate surface area is 103 Å². The molecule has 2 nitrogen and oxygen atoms in total. The molecule has 4 heteroatoms. The molecule has 0 radical (unpaired) electrons. The summed E-state index contributed by atoms with van der Waals surface area (Å²) in [6.07, 6.45) is 0.822. The predicted molar refractivity (Wildman–Crippen MR) is 62.6 cm³/mol. The van der Waals surface area contributed by atoms with Gasteiger partial charge in [0.2, 0.25) is 0 Å². The topological polar surface area (TPSA) is 29.5 Å². The Bertz CT molecular complexity index is 397. The third-order valence-corrected chi connectivity index (χ3v) is 3.61. The van der Waals surface area contributed by atoms with Crippen LogP contribution in [-0.4, -0.2) is 17.8 Å². The highest BCUT2D eigenvalue weighted by atomic mass is 79.9. The lowest BCUT2D eigenvalue weighted by Crippen LogP contribution is -2.38. The van der Waals surface area contributed by atoms with Gasteiger partial charge in [0.05, 0.1) is 22.8 Å². The summed E-state index contributed by atoms with van der Waals surface area (Å²) in [5.74, 6) is -0.376. The predicted octanol–water partition coefficient (Wildman–Crippen LogP) is 2.97. The van der Waals surface area contributed by atoms with E-state index in [1.54, 1.807) is 18.2 Å². The van der Waals surface area contributed by atoms with Crippen LogP contribution in [0.2, 0.25) is 0 Å². The highest BCUT2D eigenvalue weighted by molar-refractivity contribution is 9.10. The van der Waals surface area contributed by atoms with E-state index in [1.807, 2.05) is 6.92 Å². The van der Waals surface area contributed by atoms with Gasteiger partial charge >= 0.3 is 0 Å². The molecule has 1 aliphatic heterocycles. The van der Waals surface area contributed by atoms with Gasteiger partial charge in [0.15, 0.2) is 0 Å². The van der Waals surface area contributed by atoms with Crippen molar-refractivity contribution in [2.24, 2.45) is 0 Å². The average molecular weight is 289 g/mol. The SMILES string of the molecule is CC1CC(O)(c2cccc(Br)c2F)CCO1. The van der Waals surface area contributed by atoms with E-state index in [4.69, 9.17) is 4.74 Å². The molecule has 0 aromatic heterocycles. The number of aliphatic hydroxyl groups is 1. The number of hydrogen-bond donors (Lipinski definition) is 1. The number of hydrogen-bond acceptors (Lipinski definition) is 2. The van der Waals surface area contributed by atoms with Crippen LogP contribution in [0.4, 0.5) is 4.39 Å². The van der Waals surface area contributed by atoms with Gasteiger partial charge in [-0.05, 0) is 28.9 Å². The first kappa shape index (κ1) is 12.0. The molecule has 0 aliphatic carbocycles. The van der Waals surface area contributed by atoms with Gasteiger partial charge in [0, 0.05) is 18.4 Å². The molecule has 1 aliphatic rings. The molecule has 1 aromatic carbocycles. The van der Waals surface area contributed by atoms with E-state index in [1.165, 1.54) is 0 Å². The molecule has 16 heavy (non-hydrogen) atoms. The van der Waals surface area contributed by atoms with Crippen molar-refractivity contribution < 1.29 is 14.2 Å². The molecule has 1 fully saturated rings. The highest BCUT2D eigenvalue weighted by Crippen LogP contribution is 2.37. The first-order valence-corrected chi connectivity index (χ1v) is 6.11. The Morgan fingerprint density at radius 1 is 1.56 bits per heavy atom. The second kappa shape index (κ2) is 4.43. The molecule has 1 heterocycles. The lowest BCUT2D eigenvalue weighted by Gasteiger charge is -2.36. The van der Waals surface area contributed by atoms with Crippen LogP contribution in [0.1, 0.15) is 25.3 Å². The van der Waals surface area contributed by atoms with Crippen LogP contribution in [0.25, 0.3) is 0 Å². The third-order valence-electron chi connectivity index (χ3n) is 3.00. The van der Waals surface area contributed by atoms with Crippen LogP contribution < -0.4 is 0 Å². The lowest BCUT2D eigenvalue weighted by molar-refractivity contribution is -0.103. The summed E-state index contributed by atoms with van der Waals surface area (Å²) in [5.41, 5.74) is -0.747. The van der Waals surface area contributed by atoms with Crippen molar-refractivity contribution in [1.29, 1.82) is 0 Å². The summed E-state index contributed by atoms with van der Waals surface area (Å²) in [6.45, 7) is 2.35. The summed E-state index contributed by atoms with van der Waals surface area (Å²) < 4.78 is 19.7. The second-order valence-electron chi connectivity index (χ2n) is 4.27. The van der Waals surface area contributed by atoms with E-state index in [2.05, 4.69) is 15.9 Å². The first-order valence-electron chi connectivity index (χ1n) is 5.31. The Kier molecular flexibility index (Phi) is 3.33. The highest BCUT2D eigenvalue weighted by Gasteiger charge is 2.37. The molecular weight excluding hydrogens is 275 g/mol. The minimum atomic E-state index is -1.11. The Balaban J connectivity index is 2.38. The number of ether oxygens (including phenoxy) is 1. The van der Waals surface area contributed by atoms with E-state index in [9.17, 15) is 9.50 Å². The van der Waals surface area contributed by atoms with E-state index < -0.39 is 5.60 Å². The molecule has 1 N–H and O–H groups in total. The fourth-order valence-corrected chi connectivity index (χ4v) is 2.54. The Morgan fingerprint density at radius 2 is 2.31 bits per heavy atom. The molecule has 0 amide bonds. The molecular formula is C12H14BrFO2. The number of benzene rings is 1. The van der Waals surface area contributed by atoms with Crippen molar-refractivity contribution in [3.63, 3.8) is 0 Å². The van der Waals surface area contributed by atoms with Gasteiger partial charge in [-0.25, -0.2) is 4.39 Å². The maximum atomic E-state index is 13.9. The largest absolute Gasteiger partial charge is 0.385 e. The zero-order valence-electron chi connectivity index (χ0n) is 9.04. The molecule has 1 saturated heterocycles. The van der Waals surface area contributed by atoms with Crippen LogP contribution in [-0.2, 0) is 10.3 Å². The van der Waals surface area contributed by atoms with Gasteiger partial charge in [-0.1, -0.05) is 12.1 Å². The summed E-state index contributed by atoms with van der Waals surface area (Å²) in [4.78, 5) is 0. The lowest BCUT2D eigenvalue weighted by atomic mass is 9.84. The van der Waals surface area contributed by atoms with E-state index in [0.717, 1.165) is 0 Å². The minimum absolute atomic E-state index is 0.0443. The van der Waals surface area contributed by atoms with Crippen LogP contribution in [0.15, 0.2) is 22.7 Å². The van der Waals surface area contributed by atoms with Crippen molar-refractivity contribution in [3.05, 3.63) is 34.1 Å². The Morgan fingerprint density at radius 3 is 3.00 bits per heavy atom. The van der Waals surface area contributed by atoms with Crippen molar-refractivity contribution in [2.45, 2.75) is 31.5 Å². The van der Waals surface area contributed by atoms with Crippen molar-refractivity contribution in [3.8, 4) is 0 Å². The molecule has 0 saturated carbocycles. The van der Waals surface area contributed by atoms with Crippen LogP contribution in [0.3, 0.4) is 0 Å². The van der Waals surface area contributed by atoms with E-state index in [-0.39, 0.29) is 11.9 Å². The maximum Gasteiger partial charge on any atom is 0.143 e. The van der Waals surface area contributed by atoms with Gasteiger partial charge in [-0.15, -0.1) is 0 Å². The normalized spacial score (nSPS) is 30.4. The number of halogens is 2. The molecule has 2 rings (SSSR count). The van der Waals surface area contributed by atoms with Crippen LogP contribution >= 0.6 is 15.9 Å². The van der Waals surface area contributed by atoms with Gasteiger partial charge in [-0.3, -0.25) is 0 Å². The first-order chi connectivity index (χ1) is 7.53. The third kappa shape index (κ3) is 2.14. The molecule has 2 unspecified atom stereocenters. The van der Waals surface area contributed by atoms with E-state index >= 15 is 0 Å². The van der Waals surface area contributed by atoms with Gasteiger partial charge in [-0.2, -0.15) is 0 Å². The average Bonchev–Trinajstić information content (AvgIpc) is 2.21. The fourth-order valence-electron chi connectivity index (χ4n) is 2.17. The zero-order chi connectivity index (χ0) is 11.8. The quantitative estimate of drug-likeness (QED) is 0.861. The van der Waals surface area contributed by atoms with Gasteiger partial charge < -0.3 is 9.84 Å². The molecule has 0 spiro atoms. The van der Waals surface area contributed by atoms with E-state index in [0.29, 0.717) is 29.5 Å². The second-order valence-corrected chi connectivity index (χ2v) is 5.12. The summed E-state index contributed by atoms with van der Waals surface area (Å²) in [7, 11) is 0. The minimum Gasteiger partial charge on any atom is -0.385 e. The van der Waals surface area contributed by atoms with Gasteiger partial charge in [0.1, 0.15) is 5.82 Å². The van der Waals surface area contributed by atoms with Gasteiger partial charge in [0.25, 0.3) is 0 Å².